The molecule has 2 aromatic rings. The zero-order chi connectivity index (χ0) is 12.4. The van der Waals surface area contributed by atoms with E-state index in [1.165, 1.54) is 22.4 Å². The zero-order valence-electron chi connectivity index (χ0n) is 10.5. The van der Waals surface area contributed by atoms with E-state index < -0.39 is 0 Å². The van der Waals surface area contributed by atoms with Gasteiger partial charge < -0.3 is 10.6 Å². The molecule has 18 heavy (non-hydrogen) atoms. The summed E-state index contributed by atoms with van der Waals surface area (Å²) in [6.45, 7) is 2.71. The van der Waals surface area contributed by atoms with Crippen molar-refractivity contribution < 1.29 is 0 Å². The average molecular weight is 238 g/mol. The largest absolute Gasteiger partial charge is 0.367 e. The van der Waals surface area contributed by atoms with Gasteiger partial charge in [-0.05, 0) is 29.2 Å². The molecule has 0 saturated heterocycles. The van der Waals surface area contributed by atoms with Gasteiger partial charge in [0.1, 0.15) is 0 Å². The molecule has 1 aliphatic heterocycles. The van der Waals surface area contributed by atoms with Gasteiger partial charge in [-0.15, -0.1) is 0 Å². The Morgan fingerprint density at radius 2 is 1.83 bits per heavy atom. The summed E-state index contributed by atoms with van der Waals surface area (Å²) in [6.07, 6.45) is 1.16. The number of hydrogen-bond acceptors (Lipinski definition) is 2. The number of benzene rings is 2. The number of nitrogens with two attached hydrogens (primary N) is 1. The topological polar surface area (TPSA) is 29.3 Å². The van der Waals surface area contributed by atoms with Gasteiger partial charge in [0, 0.05) is 25.3 Å². The predicted molar refractivity (Wildman–Crippen MR) is 75.5 cm³/mol. The van der Waals surface area contributed by atoms with E-state index in [9.17, 15) is 0 Å². The van der Waals surface area contributed by atoms with Crippen molar-refractivity contribution in [3.05, 3.63) is 65.2 Å². The molecule has 2 nitrogen and oxygen atoms in total. The molecule has 1 aliphatic rings. The lowest BCUT2D eigenvalue weighted by Gasteiger charge is -2.19. The number of nitrogens with zero attached hydrogens (tertiary/aromatic N) is 1. The third-order valence-corrected chi connectivity index (χ3v) is 3.58. The van der Waals surface area contributed by atoms with Crippen LogP contribution in [0.3, 0.4) is 0 Å². The summed E-state index contributed by atoms with van der Waals surface area (Å²) in [5, 5.41) is 0. The first-order chi connectivity index (χ1) is 8.86. The summed E-state index contributed by atoms with van der Waals surface area (Å²) in [6, 6.07) is 17.3. The molecule has 1 heterocycles. The second-order valence-electron chi connectivity index (χ2n) is 4.82. The number of fused-ring (bicyclic) bond motifs is 1. The monoisotopic (exact) mass is 238 g/mol. The van der Waals surface area contributed by atoms with Crippen LogP contribution in [0.4, 0.5) is 5.69 Å². The Morgan fingerprint density at radius 1 is 1.00 bits per heavy atom. The van der Waals surface area contributed by atoms with Crippen molar-refractivity contribution in [3.63, 3.8) is 0 Å². The third kappa shape index (κ3) is 2.12. The third-order valence-electron chi connectivity index (χ3n) is 3.58. The van der Waals surface area contributed by atoms with E-state index >= 15 is 0 Å². The summed E-state index contributed by atoms with van der Waals surface area (Å²) in [7, 11) is 0. The molecule has 2 heteroatoms. The first kappa shape index (κ1) is 11.3. The molecule has 0 spiro atoms. The Bertz CT molecular complexity index is 548. The lowest BCUT2D eigenvalue weighted by molar-refractivity contribution is 0.834. The van der Waals surface area contributed by atoms with Gasteiger partial charge >= 0.3 is 0 Å². The Kier molecular flexibility index (Phi) is 3.03. The smallest absolute Gasteiger partial charge is 0.0429 e. The first-order valence-corrected chi connectivity index (χ1v) is 6.47. The maximum absolute atomic E-state index is 5.69. The average Bonchev–Trinajstić information content (AvgIpc) is 2.83. The molecule has 0 atom stereocenters. The van der Waals surface area contributed by atoms with Crippen LogP contribution in [0.1, 0.15) is 16.7 Å². The van der Waals surface area contributed by atoms with Crippen LogP contribution in [0, 0.1) is 0 Å². The second-order valence-corrected chi connectivity index (χ2v) is 4.82. The van der Waals surface area contributed by atoms with E-state index in [4.69, 9.17) is 5.73 Å². The molecule has 0 radical (unpaired) electrons. The van der Waals surface area contributed by atoms with Crippen LogP contribution in [-0.4, -0.2) is 6.54 Å². The van der Waals surface area contributed by atoms with Crippen LogP contribution in [0.5, 0.6) is 0 Å². The highest BCUT2D eigenvalue weighted by molar-refractivity contribution is 5.58. The molecule has 0 bridgehead atoms. The highest BCUT2D eigenvalue weighted by Crippen LogP contribution is 2.28. The minimum atomic E-state index is 0.616. The van der Waals surface area contributed by atoms with Crippen molar-refractivity contribution in [1.29, 1.82) is 0 Å². The molecule has 3 rings (SSSR count). The second kappa shape index (κ2) is 4.83. The van der Waals surface area contributed by atoms with Crippen LogP contribution in [0.2, 0.25) is 0 Å². The molecule has 0 saturated carbocycles. The van der Waals surface area contributed by atoms with Gasteiger partial charge in [-0.25, -0.2) is 0 Å². The van der Waals surface area contributed by atoms with Crippen LogP contribution < -0.4 is 10.6 Å². The molecule has 0 aliphatic carbocycles. The van der Waals surface area contributed by atoms with Gasteiger partial charge in [0.15, 0.2) is 0 Å². The number of rotatable bonds is 3. The van der Waals surface area contributed by atoms with Crippen LogP contribution in [0.25, 0.3) is 0 Å². The maximum atomic E-state index is 5.69. The van der Waals surface area contributed by atoms with E-state index in [0.29, 0.717) is 6.54 Å². The first-order valence-electron chi connectivity index (χ1n) is 6.47. The van der Waals surface area contributed by atoms with Gasteiger partial charge in [0.05, 0.1) is 0 Å². The fourth-order valence-corrected chi connectivity index (χ4v) is 2.65. The summed E-state index contributed by atoms with van der Waals surface area (Å²) >= 11 is 0. The van der Waals surface area contributed by atoms with Gasteiger partial charge in [-0.1, -0.05) is 42.5 Å². The number of para-hydroxylation sites is 1. The Labute approximate surface area is 108 Å². The fourth-order valence-electron chi connectivity index (χ4n) is 2.65. The van der Waals surface area contributed by atoms with Crippen molar-refractivity contribution >= 4 is 5.69 Å². The van der Waals surface area contributed by atoms with E-state index in [-0.39, 0.29) is 0 Å². The van der Waals surface area contributed by atoms with Crippen molar-refractivity contribution in [3.8, 4) is 0 Å². The molecule has 0 aromatic heterocycles. The predicted octanol–water partition coefficient (Wildman–Crippen LogP) is 2.71. The lowest BCUT2D eigenvalue weighted by Crippen LogP contribution is -2.19. The van der Waals surface area contributed by atoms with E-state index in [1.54, 1.807) is 0 Å². The van der Waals surface area contributed by atoms with Gasteiger partial charge in [-0.2, -0.15) is 0 Å². The lowest BCUT2D eigenvalue weighted by atomic mass is 10.1. The quantitative estimate of drug-likeness (QED) is 0.891. The molecular weight excluding hydrogens is 220 g/mol. The number of hydrogen-bond donors (Lipinski definition) is 1. The molecule has 0 fully saturated rings. The summed E-state index contributed by atoms with van der Waals surface area (Å²) < 4.78 is 0. The van der Waals surface area contributed by atoms with Crippen molar-refractivity contribution in [2.45, 2.75) is 19.5 Å². The maximum Gasteiger partial charge on any atom is 0.0429 e. The van der Waals surface area contributed by atoms with Gasteiger partial charge in [0.2, 0.25) is 0 Å². The SMILES string of the molecule is NCc1cccc(CN2CCc3ccccc32)c1. The molecule has 2 aromatic carbocycles. The molecule has 92 valence electrons. The summed E-state index contributed by atoms with van der Waals surface area (Å²) in [4.78, 5) is 2.45. The Balaban J connectivity index is 1.82. The van der Waals surface area contributed by atoms with Crippen molar-refractivity contribution in [2.24, 2.45) is 5.73 Å². The zero-order valence-corrected chi connectivity index (χ0v) is 10.5. The van der Waals surface area contributed by atoms with E-state index in [1.807, 2.05) is 0 Å². The molecule has 2 N–H and O–H groups in total. The molecule has 0 unspecified atom stereocenters. The fraction of sp³-hybridized carbons (Fsp3) is 0.250. The van der Waals surface area contributed by atoms with Gasteiger partial charge in [0.25, 0.3) is 0 Å². The minimum absolute atomic E-state index is 0.616. The Hall–Kier alpha value is -1.80. The van der Waals surface area contributed by atoms with Crippen LogP contribution >= 0.6 is 0 Å². The van der Waals surface area contributed by atoms with E-state index in [2.05, 4.69) is 53.4 Å². The standard InChI is InChI=1S/C16H18N2/c17-11-13-4-3-5-14(10-13)12-18-9-8-15-6-1-2-7-16(15)18/h1-7,10H,8-9,11-12,17H2. The normalized spacial score (nSPS) is 13.7. The summed E-state index contributed by atoms with van der Waals surface area (Å²) in [5.41, 5.74) is 11.1. The van der Waals surface area contributed by atoms with Crippen molar-refractivity contribution in [1.82, 2.24) is 0 Å². The molecular formula is C16H18N2. The van der Waals surface area contributed by atoms with Gasteiger partial charge in [-0.3, -0.25) is 0 Å². The van der Waals surface area contributed by atoms with Crippen molar-refractivity contribution in [2.75, 3.05) is 11.4 Å². The minimum Gasteiger partial charge on any atom is -0.367 e. The molecule has 0 amide bonds. The number of anilines is 1. The summed E-state index contributed by atoms with van der Waals surface area (Å²) in [5.74, 6) is 0. The van der Waals surface area contributed by atoms with E-state index in [0.717, 1.165) is 19.5 Å². The van der Waals surface area contributed by atoms with Crippen LogP contribution in [-0.2, 0) is 19.5 Å². The highest BCUT2D eigenvalue weighted by atomic mass is 15.1. The Morgan fingerprint density at radius 3 is 2.72 bits per heavy atom. The van der Waals surface area contributed by atoms with Crippen LogP contribution in [0.15, 0.2) is 48.5 Å². The highest BCUT2D eigenvalue weighted by Gasteiger charge is 2.17.